The number of benzene rings is 1. The molecule has 6 nitrogen and oxygen atoms in total. The van der Waals surface area contributed by atoms with Gasteiger partial charge in [-0.3, -0.25) is 0 Å². The zero-order chi connectivity index (χ0) is 15.6. The van der Waals surface area contributed by atoms with Gasteiger partial charge in [-0.25, -0.2) is 8.42 Å². The molecule has 0 aromatic heterocycles. The van der Waals surface area contributed by atoms with E-state index >= 15 is 0 Å². The molecule has 0 spiro atoms. The molecular weight excluding hydrogens is 282 g/mol. The second kappa shape index (κ2) is 5.99. The summed E-state index contributed by atoms with van der Waals surface area (Å²) in [6.45, 7) is 2.98. The quantitative estimate of drug-likeness (QED) is 0.851. The fourth-order valence-corrected chi connectivity index (χ4v) is 3.23. The smallest absolute Gasteiger partial charge is 0.247 e. The maximum Gasteiger partial charge on any atom is 0.247 e. The Labute approximate surface area is 120 Å². The summed E-state index contributed by atoms with van der Waals surface area (Å²) in [6.07, 6.45) is 0. The Balaban J connectivity index is 3.41. The SMILES string of the molecule is COc1ccc(OC)c(S(=O)(=O)N(C)C(C)(C)CO)c1. The average Bonchev–Trinajstić information content (AvgIpc) is 2.45. The molecule has 0 atom stereocenters. The second-order valence-corrected chi connectivity index (χ2v) is 6.90. The van der Waals surface area contributed by atoms with Gasteiger partial charge in [-0.05, 0) is 26.0 Å². The number of ether oxygens (including phenoxy) is 2. The van der Waals surface area contributed by atoms with Gasteiger partial charge in [0.05, 0.1) is 26.4 Å². The van der Waals surface area contributed by atoms with Gasteiger partial charge >= 0.3 is 0 Å². The van der Waals surface area contributed by atoms with Crippen LogP contribution in [0.4, 0.5) is 0 Å². The highest BCUT2D eigenvalue weighted by Crippen LogP contribution is 2.32. The molecule has 0 aliphatic carbocycles. The van der Waals surface area contributed by atoms with E-state index in [9.17, 15) is 13.5 Å². The van der Waals surface area contributed by atoms with Crippen LogP contribution in [0, 0.1) is 0 Å². The van der Waals surface area contributed by atoms with Gasteiger partial charge in [-0.2, -0.15) is 4.31 Å². The van der Waals surface area contributed by atoms with Crippen molar-refractivity contribution in [3.63, 3.8) is 0 Å². The van der Waals surface area contributed by atoms with Crippen LogP contribution in [0.15, 0.2) is 23.1 Å². The summed E-state index contributed by atoms with van der Waals surface area (Å²) in [5.41, 5.74) is -0.924. The van der Waals surface area contributed by atoms with Gasteiger partial charge in [-0.15, -0.1) is 0 Å². The van der Waals surface area contributed by atoms with Crippen molar-refractivity contribution in [1.82, 2.24) is 4.31 Å². The average molecular weight is 303 g/mol. The van der Waals surface area contributed by atoms with Crippen LogP contribution in [-0.4, -0.2) is 51.2 Å². The molecule has 0 aliphatic heterocycles. The molecule has 1 aromatic carbocycles. The zero-order valence-electron chi connectivity index (χ0n) is 12.4. The lowest BCUT2D eigenvalue weighted by atomic mass is 10.1. The van der Waals surface area contributed by atoms with E-state index in [1.54, 1.807) is 19.9 Å². The third-order valence-electron chi connectivity index (χ3n) is 3.25. The summed E-state index contributed by atoms with van der Waals surface area (Å²) >= 11 is 0. The van der Waals surface area contributed by atoms with Gasteiger partial charge < -0.3 is 14.6 Å². The van der Waals surface area contributed by atoms with Gasteiger partial charge in [0.2, 0.25) is 10.0 Å². The molecule has 0 saturated carbocycles. The number of aliphatic hydroxyl groups excluding tert-OH is 1. The summed E-state index contributed by atoms with van der Waals surface area (Å²) in [7, 11) is 0.464. The Morgan fingerprint density at radius 1 is 1.25 bits per heavy atom. The van der Waals surface area contributed by atoms with Crippen molar-refractivity contribution >= 4 is 10.0 Å². The summed E-state index contributed by atoms with van der Waals surface area (Å²) < 4.78 is 36.6. The minimum Gasteiger partial charge on any atom is -0.497 e. The number of hydrogen-bond acceptors (Lipinski definition) is 5. The number of aliphatic hydroxyl groups is 1. The van der Waals surface area contributed by atoms with E-state index in [1.165, 1.54) is 33.4 Å². The molecule has 0 aliphatic rings. The van der Waals surface area contributed by atoms with Crippen molar-refractivity contribution in [2.24, 2.45) is 0 Å². The molecule has 0 heterocycles. The van der Waals surface area contributed by atoms with E-state index in [0.717, 1.165) is 4.31 Å². The third kappa shape index (κ3) is 3.05. The van der Waals surface area contributed by atoms with Gasteiger partial charge in [0.25, 0.3) is 0 Å². The molecule has 1 N–H and O–H groups in total. The highest BCUT2D eigenvalue weighted by Gasteiger charge is 2.35. The molecule has 1 rings (SSSR count). The van der Waals surface area contributed by atoms with Crippen molar-refractivity contribution in [3.8, 4) is 11.5 Å². The van der Waals surface area contributed by atoms with Crippen LogP contribution in [0.2, 0.25) is 0 Å². The van der Waals surface area contributed by atoms with Gasteiger partial charge in [0.1, 0.15) is 16.4 Å². The first-order valence-corrected chi connectivity index (χ1v) is 7.46. The maximum absolute atomic E-state index is 12.7. The van der Waals surface area contributed by atoms with Crippen LogP contribution in [0.1, 0.15) is 13.8 Å². The molecule has 0 amide bonds. The van der Waals surface area contributed by atoms with E-state index in [2.05, 4.69) is 0 Å². The minimum atomic E-state index is -3.82. The Morgan fingerprint density at radius 2 is 1.85 bits per heavy atom. The van der Waals surface area contributed by atoms with Crippen LogP contribution in [0.25, 0.3) is 0 Å². The lowest BCUT2D eigenvalue weighted by Crippen LogP contribution is -2.47. The fraction of sp³-hybridized carbons (Fsp3) is 0.538. The van der Waals surface area contributed by atoms with Crippen LogP contribution in [0.5, 0.6) is 11.5 Å². The second-order valence-electron chi connectivity index (χ2n) is 4.96. The van der Waals surface area contributed by atoms with Crippen molar-refractivity contribution in [3.05, 3.63) is 18.2 Å². The van der Waals surface area contributed by atoms with E-state index in [1.807, 2.05) is 0 Å². The molecule has 0 saturated heterocycles. The zero-order valence-corrected chi connectivity index (χ0v) is 13.2. The van der Waals surface area contributed by atoms with E-state index in [0.29, 0.717) is 5.75 Å². The molecule has 1 aromatic rings. The molecule has 7 heteroatoms. The number of nitrogens with zero attached hydrogens (tertiary/aromatic N) is 1. The number of likely N-dealkylation sites (N-methyl/N-ethyl adjacent to an activating group) is 1. The first kappa shape index (κ1) is 16.7. The van der Waals surface area contributed by atoms with Crippen molar-refractivity contribution in [1.29, 1.82) is 0 Å². The monoisotopic (exact) mass is 303 g/mol. The summed E-state index contributed by atoms with van der Waals surface area (Å²) in [6, 6.07) is 4.55. The van der Waals surface area contributed by atoms with Crippen molar-refractivity contribution in [2.45, 2.75) is 24.3 Å². The molecule has 0 bridgehead atoms. The van der Waals surface area contributed by atoms with Crippen molar-refractivity contribution in [2.75, 3.05) is 27.9 Å². The Bertz CT molecular complexity index is 568. The normalized spacial score (nSPS) is 12.6. The number of sulfonamides is 1. The number of rotatable bonds is 6. The highest BCUT2D eigenvalue weighted by atomic mass is 32.2. The predicted molar refractivity (Wildman–Crippen MR) is 75.7 cm³/mol. The Kier molecular flexibility index (Phi) is 5.01. The molecular formula is C13H21NO5S. The van der Waals surface area contributed by atoms with Crippen molar-refractivity contribution < 1.29 is 23.0 Å². The third-order valence-corrected chi connectivity index (χ3v) is 5.34. The van der Waals surface area contributed by atoms with E-state index in [4.69, 9.17) is 9.47 Å². The number of hydrogen-bond donors (Lipinski definition) is 1. The predicted octanol–water partition coefficient (Wildman–Crippen LogP) is 1.10. The van der Waals surface area contributed by atoms with Crippen LogP contribution < -0.4 is 9.47 Å². The van der Waals surface area contributed by atoms with Gasteiger partial charge in [0, 0.05) is 13.1 Å². The van der Waals surface area contributed by atoms with Gasteiger partial charge in [-0.1, -0.05) is 0 Å². The Morgan fingerprint density at radius 3 is 2.30 bits per heavy atom. The van der Waals surface area contributed by atoms with E-state index < -0.39 is 15.6 Å². The molecule has 114 valence electrons. The van der Waals surface area contributed by atoms with Crippen LogP contribution >= 0.6 is 0 Å². The lowest BCUT2D eigenvalue weighted by Gasteiger charge is -2.33. The van der Waals surface area contributed by atoms with E-state index in [-0.39, 0.29) is 17.3 Å². The molecule has 20 heavy (non-hydrogen) atoms. The maximum atomic E-state index is 12.7. The van der Waals surface area contributed by atoms with Crippen LogP contribution in [0.3, 0.4) is 0 Å². The van der Waals surface area contributed by atoms with Gasteiger partial charge in [0.15, 0.2) is 0 Å². The minimum absolute atomic E-state index is 0.00313. The lowest BCUT2D eigenvalue weighted by molar-refractivity contribution is 0.137. The first-order chi connectivity index (χ1) is 9.20. The van der Waals surface area contributed by atoms with Crippen LogP contribution in [-0.2, 0) is 10.0 Å². The first-order valence-electron chi connectivity index (χ1n) is 6.02. The molecule has 0 radical (unpaired) electrons. The molecule has 0 unspecified atom stereocenters. The molecule has 0 fully saturated rings. The summed E-state index contributed by atoms with van der Waals surface area (Å²) in [5.74, 6) is 0.644. The highest BCUT2D eigenvalue weighted by molar-refractivity contribution is 7.89. The largest absolute Gasteiger partial charge is 0.497 e. The summed E-state index contributed by atoms with van der Waals surface area (Å²) in [4.78, 5) is 0.00313. The Hall–Kier alpha value is -1.31. The fourth-order valence-electron chi connectivity index (χ4n) is 1.56. The topological polar surface area (TPSA) is 76.1 Å². The standard InChI is InChI=1S/C13H21NO5S/c1-13(2,9-15)14(3)20(16,17)12-8-10(18-4)6-7-11(12)19-5/h6-8,15H,9H2,1-5H3. The summed E-state index contributed by atoms with van der Waals surface area (Å²) in [5, 5.41) is 9.34. The number of methoxy groups -OCH3 is 2.